The van der Waals surface area contributed by atoms with Gasteiger partial charge in [-0.15, -0.1) is 6.58 Å². The highest BCUT2D eigenvalue weighted by Gasteiger charge is 2.43. The Morgan fingerprint density at radius 3 is 2.31 bits per heavy atom. The number of amides is 2. The van der Waals surface area contributed by atoms with Crippen molar-refractivity contribution in [2.24, 2.45) is 23.0 Å². The summed E-state index contributed by atoms with van der Waals surface area (Å²) < 4.78 is 28.1. The van der Waals surface area contributed by atoms with Gasteiger partial charge in [0.1, 0.15) is 5.54 Å². The molecule has 1 aliphatic rings. The molecule has 178 valence electrons. The molecule has 32 heavy (non-hydrogen) atoms. The highest BCUT2D eigenvalue weighted by Crippen LogP contribution is 2.43. The van der Waals surface area contributed by atoms with Crippen molar-refractivity contribution in [3.8, 4) is 0 Å². The van der Waals surface area contributed by atoms with Gasteiger partial charge in [-0.3, -0.25) is 9.59 Å². The monoisotopic (exact) mass is 503 g/mol. The summed E-state index contributed by atoms with van der Waals surface area (Å²) in [6.45, 7) is 10.6. The molecule has 0 spiro atoms. The van der Waals surface area contributed by atoms with Crippen LogP contribution in [0.25, 0.3) is 0 Å². The second-order valence-electron chi connectivity index (χ2n) is 9.50. The van der Waals surface area contributed by atoms with Crippen molar-refractivity contribution in [2.45, 2.75) is 63.4 Å². The van der Waals surface area contributed by atoms with Gasteiger partial charge in [0.25, 0.3) is 0 Å². The van der Waals surface area contributed by atoms with Gasteiger partial charge in [0.2, 0.25) is 21.8 Å². The van der Waals surface area contributed by atoms with Gasteiger partial charge in [0, 0.05) is 21.5 Å². The van der Waals surface area contributed by atoms with Crippen LogP contribution in [0.1, 0.15) is 47.0 Å². The number of carbonyl (C=O) groups excluding carboxylic acids is 2. The van der Waals surface area contributed by atoms with E-state index >= 15 is 0 Å². The molecule has 0 heterocycles. The molecule has 0 saturated heterocycles. The zero-order valence-electron chi connectivity index (χ0n) is 18.7. The molecule has 4 atom stereocenters. The lowest BCUT2D eigenvalue weighted by atomic mass is 9.64. The van der Waals surface area contributed by atoms with Crippen LogP contribution in [0, 0.1) is 17.3 Å². The maximum absolute atomic E-state index is 13.1. The average molecular weight is 504 g/mol. The van der Waals surface area contributed by atoms with Crippen molar-refractivity contribution in [3.63, 3.8) is 0 Å². The molecule has 2 rings (SSSR count). The van der Waals surface area contributed by atoms with Crippen LogP contribution in [-0.4, -0.2) is 31.8 Å². The van der Waals surface area contributed by atoms with E-state index in [0.29, 0.717) is 12.8 Å². The summed E-state index contributed by atoms with van der Waals surface area (Å²) in [5.74, 6) is -0.712. The normalized spacial score (nSPS) is 25.1. The number of benzene rings is 1. The molecule has 0 radical (unpaired) electrons. The maximum Gasteiger partial charge on any atom is 0.241 e. The fraction of sp³-hybridized carbons (Fsp3) is 0.545. The standard InChI is InChI=1S/C22H31Cl2N3O4S/c1-6-18(14-7-13(2)11-22(5,12-14)19(25)28)26-20(29)21(3,4)27-32(30,31)17-9-15(23)8-16(24)10-17/h6,8-10,13-14,18,27H,1,7,11-12H2,2-5H3,(H2,25,28)(H,26,29). The summed E-state index contributed by atoms with van der Waals surface area (Å²) >= 11 is 11.8. The highest BCUT2D eigenvalue weighted by molar-refractivity contribution is 7.89. The fourth-order valence-corrected chi connectivity index (χ4v) is 6.52. The second-order valence-corrected chi connectivity index (χ2v) is 12.1. The minimum Gasteiger partial charge on any atom is -0.369 e. The SMILES string of the molecule is C=CC(NC(=O)C(C)(C)NS(=O)(=O)c1cc(Cl)cc(Cl)c1)C1CC(C)CC(C)(C(N)=O)C1. The van der Waals surface area contributed by atoms with Gasteiger partial charge in [-0.1, -0.05) is 43.1 Å². The lowest BCUT2D eigenvalue weighted by Crippen LogP contribution is -2.58. The summed E-state index contributed by atoms with van der Waals surface area (Å²) in [6.07, 6.45) is 3.59. The van der Waals surface area contributed by atoms with Crippen LogP contribution < -0.4 is 15.8 Å². The molecule has 0 aliphatic heterocycles. The molecule has 7 nitrogen and oxygen atoms in total. The lowest BCUT2D eigenvalue weighted by molar-refractivity contribution is -0.131. The zero-order valence-corrected chi connectivity index (χ0v) is 21.1. The average Bonchev–Trinajstić information content (AvgIpc) is 2.63. The van der Waals surface area contributed by atoms with E-state index in [9.17, 15) is 18.0 Å². The van der Waals surface area contributed by atoms with Gasteiger partial charge in [-0.25, -0.2) is 8.42 Å². The van der Waals surface area contributed by atoms with Gasteiger partial charge < -0.3 is 11.1 Å². The number of sulfonamides is 1. The van der Waals surface area contributed by atoms with Crippen LogP contribution >= 0.6 is 23.2 Å². The molecular formula is C22H31Cl2N3O4S. The van der Waals surface area contributed by atoms with Crippen molar-refractivity contribution >= 4 is 45.0 Å². The second kappa shape index (κ2) is 9.71. The predicted molar refractivity (Wildman–Crippen MR) is 127 cm³/mol. The molecule has 4 unspecified atom stereocenters. The van der Waals surface area contributed by atoms with E-state index in [1.807, 2.05) is 13.8 Å². The molecule has 1 saturated carbocycles. The van der Waals surface area contributed by atoms with Crippen LogP contribution in [-0.2, 0) is 19.6 Å². The largest absolute Gasteiger partial charge is 0.369 e. The van der Waals surface area contributed by atoms with Gasteiger partial charge in [-0.05, 0) is 63.1 Å². The lowest BCUT2D eigenvalue weighted by Gasteiger charge is -2.42. The topological polar surface area (TPSA) is 118 Å². The number of nitrogens with two attached hydrogens (primary N) is 1. The Kier molecular flexibility index (Phi) is 8.08. The van der Waals surface area contributed by atoms with Gasteiger partial charge in [0.15, 0.2) is 0 Å². The molecule has 1 fully saturated rings. The fourth-order valence-electron chi connectivity index (χ4n) is 4.42. The van der Waals surface area contributed by atoms with Gasteiger partial charge in [-0.2, -0.15) is 4.72 Å². The Morgan fingerprint density at radius 1 is 1.25 bits per heavy atom. The third-order valence-electron chi connectivity index (χ3n) is 5.97. The molecule has 2 amide bonds. The van der Waals surface area contributed by atoms with Crippen molar-refractivity contribution in [1.82, 2.24) is 10.0 Å². The van der Waals surface area contributed by atoms with Crippen molar-refractivity contribution < 1.29 is 18.0 Å². The number of carbonyl (C=O) groups is 2. The van der Waals surface area contributed by atoms with E-state index in [-0.39, 0.29) is 32.7 Å². The van der Waals surface area contributed by atoms with E-state index < -0.39 is 32.9 Å². The first-order valence-electron chi connectivity index (χ1n) is 10.3. The van der Waals surface area contributed by atoms with Crippen LogP contribution in [0.4, 0.5) is 0 Å². The number of halogens is 2. The van der Waals surface area contributed by atoms with E-state index in [4.69, 9.17) is 28.9 Å². The Hall–Kier alpha value is -1.61. The van der Waals surface area contributed by atoms with Crippen LogP contribution in [0.5, 0.6) is 0 Å². The van der Waals surface area contributed by atoms with Crippen molar-refractivity contribution in [2.75, 3.05) is 0 Å². The minimum absolute atomic E-state index is 0.0585. The summed E-state index contributed by atoms with van der Waals surface area (Å²) in [4.78, 5) is 24.9. The van der Waals surface area contributed by atoms with Crippen molar-refractivity contribution in [1.29, 1.82) is 0 Å². The van der Waals surface area contributed by atoms with Crippen LogP contribution in [0.2, 0.25) is 10.0 Å². The molecular weight excluding hydrogens is 473 g/mol. The third-order valence-corrected chi connectivity index (χ3v) is 8.05. The van der Waals surface area contributed by atoms with E-state index in [1.165, 1.54) is 32.0 Å². The summed E-state index contributed by atoms with van der Waals surface area (Å²) in [6, 6.07) is 3.47. The third kappa shape index (κ3) is 6.25. The Morgan fingerprint density at radius 2 is 1.81 bits per heavy atom. The van der Waals surface area contributed by atoms with Gasteiger partial charge in [0.05, 0.1) is 4.90 Å². The first kappa shape index (κ1) is 26.6. The number of hydrogen-bond acceptors (Lipinski definition) is 4. The Labute approximate surface area is 200 Å². The van der Waals surface area contributed by atoms with Crippen LogP contribution in [0.15, 0.2) is 35.7 Å². The zero-order chi connectivity index (χ0) is 24.5. The Bertz CT molecular complexity index is 992. The molecule has 1 aromatic carbocycles. The number of rotatable bonds is 8. The Balaban J connectivity index is 2.19. The molecule has 10 heteroatoms. The number of primary amides is 1. The number of nitrogens with one attached hydrogen (secondary N) is 2. The highest BCUT2D eigenvalue weighted by atomic mass is 35.5. The van der Waals surface area contributed by atoms with Crippen LogP contribution in [0.3, 0.4) is 0 Å². The van der Waals surface area contributed by atoms with E-state index in [1.54, 1.807) is 6.08 Å². The number of hydrogen-bond donors (Lipinski definition) is 3. The first-order chi connectivity index (χ1) is 14.6. The molecule has 1 aliphatic carbocycles. The smallest absolute Gasteiger partial charge is 0.241 e. The van der Waals surface area contributed by atoms with Crippen molar-refractivity contribution in [3.05, 3.63) is 40.9 Å². The summed E-state index contributed by atoms with van der Waals surface area (Å²) in [7, 11) is -4.08. The molecule has 0 bridgehead atoms. The van der Waals surface area contributed by atoms with E-state index in [0.717, 1.165) is 6.42 Å². The molecule has 1 aromatic rings. The van der Waals surface area contributed by atoms with E-state index in [2.05, 4.69) is 16.6 Å². The first-order valence-corrected chi connectivity index (χ1v) is 12.6. The minimum atomic E-state index is -4.08. The maximum atomic E-state index is 13.1. The quantitative estimate of drug-likeness (QED) is 0.469. The summed E-state index contributed by atoms with van der Waals surface area (Å²) in [5, 5.41) is 3.21. The molecule has 4 N–H and O–H groups in total. The predicted octanol–water partition coefficient (Wildman–Crippen LogP) is 3.65. The van der Waals surface area contributed by atoms with Gasteiger partial charge >= 0.3 is 0 Å². The summed E-state index contributed by atoms with van der Waals surface area (Å²) in [5.41, 5.74) is 3.48. The molecule has 0 aromatic heterocycles.